The Kier molecular flexibility index (Phi) is 6.91. The average Bonchev–Trinajstić information content (AvgIpc) is 2.62. The normalized spacial score (nSPS) is 10.1. The van der Waals surface area contributed by atoms with Crippen LogP contribution in [0.5, 0.6) is 5.75 Å². The number of esters is 2. The van der Waals surface area contributed by atoms with Gasteiger partial charge in [0.2, 0.25) is 0 Å². The van der Waals surface area contributed by atoms with Crippen molar-refractivity contribution in [3.05, 3.63) is 59.7 Å². The largest absolute Gasteiger partial charge is 0.462 e. The Labute approximate surface area is 152 Å². The van der Waals surface area contributed by atoms with E-state index >= 15 is 0 Å². The van der Waals surface area contributed by atoms with E-state index in [0.717, 1.165) is 12.8 Å². The van der Waals surface area contributed by atoms with Gasteiger partial charge >= 0.3 is 11.9 Å². The number of benzene rings is 2. The lowest BCUT2D eigenvalue weighted by molar-refractivity contribution is -0.131. The van der Waals surface area contributed by atoms with Crippen LogP contribution >= 0.6 is 0 Å². The van der Waals surface area contributed by atoms with Crippen LogP contribution in [0.4, 0.5) is 5.69 Å². The predicted molar refractivity (Wildman–Crippen MR) is 97.3 cm³/mol. The summed E-state index contributed by atoms with van der Waals surface area (Å²) in [7, 11) is 0. The van der Waals surface area contributed by atoms with Crippen LogP contribution in [0.25, 0.3) is 0 Å². The summed E-state index contributed by atoms with van der Waals surface area (Å²) in [6.45, 7) is 3.68. The zero-order valence-corrected chi connectivity index (χ0v) is 14.8. The molecule has 2 aromatic rings. The molecule has 0 unspecified atom stereocenters. The lowest BCUT2D eigenvalue weighted by atomic mass is 10.1. The van der Waals surface area contributed by atoms with Gasteiger partial charge in [0.1, 0.15) is 5.75 Å². The number of amides is 1. The smallest absolute Gasteiger partial charge is 0.338 e. The van der Waals surface area contributed by atoms with Gasteiger partial charge in [0.05, 0.1) is 17.7 Å². The van der Waals surface area contributed by atoms with Crippen molar-refractivity contribution in [3.8, 4) is 5.75 Å². The van der Waals surface area contributed by atoms with Gasteiger partial charge in [-0.25, -0.2) is 4.79 Å². The molecule has 6 heteroatoms. The molecule has 0 fully saturated rings. The van der Waals surface area contributed by atoms with Crippen LogP contribution in [0.3, 0.4) is 0 Å². The third kappa shape index (κ3) is 5.44. The number of carbonyl (C=O) groups is 3. The molecule has 0 aliphatic carbocycles. The highest BCUT2D eigenvalue weighted by atomic mass is 16.5. The summed E-state index contributed by atoms with van der Waals surface area (Å²) in [5.41, 5.74) is 1.17. The van der Waals surface area contributed by atoms with Gasteiger partial charge in [-0.05, 0) is 42.8 Å². The zero-order valence-electron chi connectivity index (χ0n) is 14.8. The van der Waals surface area contributed by atoms with Crippen LogP contribution in [-0.2, 0) is 9.53 Å². The predicted octanol–water partition coefficient (Wildman–Crippen LogP) is 3.82. The molecule has 1 amide bonds. The lowest BCUT2D eigenvalue weighted by Crippen LogP contribution is -2.15. The van der Waals surface area contributed by atoms with Crippen molar-refractivity contribution in [1.29, 1.82) is 0 Å². The molecule has 0 aromatic heterocycles. The van der Waals surface area contributed by atoms with Gasteiger partial charge in [0.15, 0.2) is 0 Å². The fourth-order valence-corrected chi connectivity index (χ4v) is 2.18. The second-order valence-electron chi connectivity index (χ2n) is 5.61. The van der Waals surface area contributed by atoms with Crippen molar-refractivity contribution in [1.82, 2.24) is 0 Å². The van der Waals surface area contributed by atoms with E-state index in [0.29, 0.717) is 17.9 Å². The number of hydrogen-bond acceptors (Lipinski definition) is 5. The third-order valence-corrected chi connectivity index (χ3v) is 3.49. The molecule has 6 nitrogen and oxygen atoms in total. The van der Waals surface area contributed by atoms with Gasteiger partial charge in [0.25, 0.3) is 5.91 Å². The number of ether oxygens (including phenoxy) is 2. The van der Waals surface area contributed by atoms with Gasteiger partial charge in [-0.15, -0.1) is 0 Å². The molecular weight excluding hydrogens is 334 g/mol. The SMILES string of the molecule is CCCCOC(=O)c1ccc(NC(=O)c2ccccc2OC(C)=O)cc1. The van der Waals surface area contributed by atoms with Crippen molar-refractivity contribution < 1.29 is 23.9 Å². The monoisotopic (exact) mass is 355 g/mol. The highest BCUT2D eigenvalue weighted by molar-refractivity contribution is 6.06. The molecule has 1 N–H and O–H groups in total. The van der Waals surface area contributed by atoms with E-state index in [1.165, 1.54) is 6.92 Å². The Morgan fingerprint density at radius 1 is 1.00 bits per heavy atom. The van der Waals surface area contributed by atoms with Crippen molar-refractivity contribution in [2.24, 2.45) is 0 Å². The first-order valence-corrected chi connectivity index (χ1v) is 8.37. The summed E-state index contributed by atoms with van der Waals surface area (Å²) in [6.07, 6.45) is 1.77. The first-order chi connectivity index (χ1) is 12.5. The second kappa shape index (κ2) is 9.36. The van der Waals surface area contributed by atoms with Gasteiger partial charge in [-0.2, -0.15) is 0 Å². The van der Waals surface area contributed by atoms with Gasteiger partial charge in [0, 0.05) is 12.6 Å². The highest BCUT2D eigenvalue weighted by Crippen LogP contribution is 2.20. The Morgan fingerprint density at radius 2 is 1.69 bits per heavy atom. The number of nitrogens with one attached hydrogen (secondary N) is 1. The number of para-hydroxylation sites is 1. The van der Waals surface area contributed by atoms with Crippen LogP contribution in [0.15, 0.2) is 48.5 Å². The fourth-order valence-electron chi connectivity index (χ4n) is 2.18. The van der Waals surface area contributed by atoms with E-state index in [4.69, 9.17) is 9.47 Å². The van der Waals surface area contributed by atoms with E-state index < -0.39 is 17.8 Å². The molecule has 2 rings (SSSR count). The summed E-state index contributed by atoms with van der Waals surface area (Å²) in [5.74, 6) is -1.12. The Balaban J connectivity index is 2.04. The van der Waals surface area contributed by atoms with Gasteiger partial charge < -0.3 is 14.8 Å². The van der Waals surface area contributed by atoms with E-state index in [1.54, 1.807) is 48.5 Å². The minimum Gasteiger partial charge on any atom is -0.462 e. The van der Waals surface area contributed by atoms with Crippen molar-refractivity contribution in [2.45, 2.75) is 26.7 Å². The number of unbranched alkanes of at least 4 members (excludes halogenated alkanes) is 1. The second-order valence-corrected chi connectivity index (χ2v) is 5.61. The van der Waals surface area contributed by atoms with Crippen molar-refractivity contribution in [2.75, 3.05) is 11.9 Å². The van der Waals surface area contributed by atoms with Crippen LogP contribution in [0.2, 0.25) is 0 Å². The van der Waals surface area contributed by atoms with E-state index in [-0.39, 0.29) is 11.3 Å². The lowest BCUT2D eigenvalue weighted by Gasteiger charge is -2.10. The number of hydrogen-bond donors (Lipinski definition) is 1. The third-order valence-electron chi connectivity index (χ3n) is 3.49. The average molecular weight is 355 g/mol. The molecule has 26 heavy (non-hydrogen) atoms. The molecule has 136 valence electrons. The van der Waals surface area contributed by atoms with Crippen LogP contribution in [0, 0.1) is 0 Å². The van der Waals surface area contributed by atoms with Gasteiger partial charge in [-0.1, -0.05) is 25.5 Å². The van der Waals surface area contributed by atoms with Crippen LogP contribution in [0.1, 0.15) is 47.4 Å². The summed E-state index contributed by atoms with van der Waals surface area (Å²) < 4.78 is 10.2. The van der Waals surface area contributed by atoms with E-state index in [1.807, 2.05) is 6.92 Å². The topological polar surface area (TPSA) is 81.7 Å². The Bertz CT molecular complexity index is 783. The molecule has 2 aromatic carbocycles. The summed E-state index contributed by atoms with van der Waals surface area (Å²) in [6, 6.07) is 12.9. The Hall–Kier alpha value is -3.15. The zero-order chi connectivity index (χ0) is 18.9. The van der Waals surface area contributed by atoms with Gasteiger partial charge in [-0.3, -0.25) is 9.59 Å². The quantitative estimate of drug-likeness (QED) is 0.464. The minimum absolute atomic E-state index is 0.189. The summed E-state index contributed by atoms with van der Waals surface area (Å²) in [5, 5.41) is 2.71. The number of rotatable bonds is 7. The first-order valence-electron chi connectivity index (χ1n) is 8.37. The molecule has 0 radical (unpaired) electrons. The summed E-state index contributed by atoms with van der Waals surface area (Å²) in [4.78, 5) is 35.4. The van der Waals surface area contributed by atoms with E-state index in [9.17, 15) is 14.4 Å². The molecule has 0 saturated heterocycles. The maximum atomic E-state index is 12.4. The molecule has 0 aliphatic heterocycles. The maximum Gasteiger partial charge on any atom is 0.338 e. The molecular formula is C20H21NO5. The molecule has 0 heterocycles. The van der Waals surface area contributed by atoms with Crippen LogP contribution in [-0.4, -0.2) is 24.5 Å². The fraction of sp³-hybridized carbons (Fsp3) is 0.250. The molecule has 0 bridgehead atoms. The number of anilines is 1. The van der Waals surface area contributed by atoms with Crippen LogP contribution < -0.4 is 10.1 Å². The molecule has 0 aliphatic rings. The molecule has 0 atom stereocenters. The van der Waals surface area contributed by atoms with E-state index in [2.05, 4.69) is 5.32 Å². The maximum absolute atomic E-state index is 12.4. The Morgan fingerprint density at radius 3 is 2.35 bits per heavy atom. The van der Waals surface area contributed by atoms with Crippen molar-refractivity contribution in [3.63, 3.8) is 0 Å². The van der Waals surface area contributed by atoms with Crippen molar-refractivity contribution >= 4 is 23.5 Å². The minimum atomic E-state index is -0.504. The number of carbonyl (C=O) groups excluding carboxylic acids is 3. The first kappa shape index (κ1) is 19.2. The summed E-state index contributed by atoms with van der Waals surface area (Å²) >= 11 is 0. The standard InChI is InChI=1S/C20H21NO5/c1-3-4-13-25-20(24)15-9-11-16(12-10-15)21-19(23)17-7-5-6-8-18(17)26-14(2)22/h5-12H,3-4,13H2,1-2H3,(H,21,23). The highest BCUT2D eigenvalue weighted by Gasteiger charge is 2.14. The molecule has 0 spiro atoms. The molecule has 0 saturated carbocycles.